The number of aliphatic hydroxyl groups is 1. The zero-order valence-corrected chi connectivity index (χ0v) is 7.14. The first-order valence-electron chi connectivity index (χ1n) is 4.22. The molecule has 0 bridgehead atoms. The third kappa shape index (κ3) is 1.72. The van der Waals surface area contributed by atoms with E-state index in [1.807, 2.05) is 6.07 Å². The lowest BCUT2D eigenvalue weighted by molar-refractivity contribution is -0.128. The number of hydrogen-bond donors (Lipinski definition) is 1. The molecule has 2 rings (SSSR count). The van der Waals surface area contributed by atoms with Crippen molar-refractivity contribution in [2.75, 3.05) is 6.54 Å². The van der Waals surface area contributed by atoms with Gasteiger partial charge in [0.05, 0.1) is 25.1 Å². The monoisotopic (exact) mass is 181 g/mol. The SMILES string of the molecule is O=C1CC(O)CN1Cc1ccoc1. The highest BCUT2D eigenvalue weighted by atomic mass is 16.3. The average molecular weight is 181 g/mol. The second kappa shape index (κ2) is 3.22. The fourth-order valence-corrected chi connectivity index (χ4v) is 1.51. The Morgan fingerprint density at radius 2 is 2.54 bits per heavy atom. The lowest BCUT2D eigenvalue weighted by Crippen LogP contribution is -2.24. The summed E-state index contributed by atoms with van der Waals surface area (Å²) in [5, 5.41) is 9.21. The van der Waals surface area contributed by atoms with Gasteiger partial charge < -0.3 is 14.4 Å². The number of carbonyl (C=O) groups is 1. The maximum absolute atomic E-state index is 11.2. The number of aliphatic hydroxyl groups excluding tert-OH is 1. The second-order valence-electron chi connectivity index (χ2n) is 3.26. The summed E-state index contributed by atoms with van der Waals surface area (Å²) in [6.45, 7) is 0.969. The average Bonchev–Trinajstić information content (AvgIpc) is 2.63. The van der Waals surface area contributed by atoms with Crippen LogP contribution in [-0.4, -0.2) is 28.6 Å². The van der Waals surface area contributed by atoms with Crippen LogP contribution in [0.3, 0.4) is 0 Å². The largest absolute Gasteiger partial charge is 0.472 e. The Morgan fingerprint density at radius 1 is 1.69 bits per heavy atom. The van der Waals surface area contributed by atoms with Gasteiger partial charge in [0.25, 0.3) is 0 Å². The lowest BCUT2D eigenvalue weighted by atomic mass is 10.3. The maximum atomic E-state index is 11.2. The molecule has 1 aliphatic rings. The van der Waals surface area contributed by atoms with E-state index < -0.39 is 6.10 Å². The van der Waals surface area contributed by atoms with Gasteiger partial charge in [-0.15, -0.1) is 0 Å². The van der Waals surface area contributed by atoms with Crippen molar-refractivity contribution in [1.29, 1.82) is 0 Å². The van der Waals surface area contributed by atoms with Crippen molar-refractivity contribution >= 4 is 5.91 Å². The molecule has 4 nitrogen and oxygen atoms in total. The van der Waals surface area contributed by atoms with Crippen LogP contribution in [0.15, 0.2) is 23.0 Å². The quantitative estimate of drug-likeness (QED) is 0.717. The highest BCUT2D eigenvalue weighted by Gasteiger charge is 2.27. The highest BCUT2D eigenvalue weighted by Crippen LogP contribution is 2.14. The molecule has 4 heteroatoms. The van der Waals surface area contributed by atoms with Crippen LogP contribution in [0.25, 0.3) is 0 Å². The van der Waals surface area contributed by atoms with E-state index >= 15 is 0 Å². The van der Waals surface area contributed by atoms with Gasteiger partial charge in [0, 0.05) is 18.7 Å². The zero-order chi connectivity index (χ0) is 9.26. The van der Waals surface area contributed by atoms with Crippen molar-refractivity contribution in [2.24, 2.45) is 0 Å². The summed E-state index contributed by atoms with van der Waals surface area (Å²) in [7, 11) is 0. The minimum atomic E-state index is -0.501. The van der Waals surface area contributed by atoms with Crippen molar-refractivity contribution in [3.8, 4) is 0 Å². The third-order valence-corrected chi connectivity index (χ3v) is 2.15. The van der Waals surface area contributed by atoms with Crippen LogP contribution < -0.4 is 0 Å². The summed E-state index contributed by atoms with van der Waals surface area (Å²) in [6, 6.07) is 1.82. The molecule has 1 N–H and O–H groups in total. The number of amides is 1. The zero-order valence-electron chi connectivity index (χ0n) is 7.14. The Morgan fingerprint density at radius 3 is 3.08 bits per heavy atom. The van der Waals surface area contributed by atoms with E-state index in [1.165, 1.54) is 0 Å². The van der Waals surface area contributed by atoms with Gasteiger partial charge in [-0.05, 0) is 6.07 Å². The summed E-state index contributed by atoms with van der Waals surface area (Å²) >= 11 is 0. The standard InChI is InChI=1S/C9H11NO3/c11-8-3-9(12)10(5-8)4-7-1-2-13-6-7/h1-2,6,8,11H,3-5H2. The molecule has 1 atom stereocenters. The van der Waals surface area contributed by atoms with Crippen molar-refractivity contribution in [1.82, 2.24) is 4.90 Å². The molecule has 70 valence electrons. The molecule has 0 aromatic carbocycles. The Balaban J connectivity index is 1.99. The van der Waals surface area contributed by atoms with Crippen LogP contribution >= 0.6 is 0 Å². The molecule has 0 spiro atoms. The summed E-state index contributed by atoms with van der Waals surface area (Å²) in [5.74, 6) is 0.00806. The molecular formula is C9H11NO3. The van der Waals surface area contributed by atoms with E-state index in [2.05, 4.69) is 0 Å². The van der Waals surface area contributed by atoms with Crippen molar-refractivity contribution in [3.05, 3.63) is 24.2 Å². The first-order valence-corrected chi connectivity index (χ1v) is 4.22. The van der Waals surface area contributed by atoms with Gasteiger partial charge in [-0.25, -0.2) is 0 Å². The van der Waals surface area contributed by atoms with Crippen LogP contribution in [0.5, 0.6) is 0 Å². The summed E-state index contributed by atoms with van der Waals surface area (Å²) < 4.78 is 4.89. The summed E-state index contributed by atoms with van der Waals surface area (Å²) in [5.41, 5.74) is 0.961. The molecule has 1 unspecified atom stereocenters. The molecule has 1 aliphatic heterocycles. The van der Waals surface area contributed by atoms with Crippen molar-refractivity contribution in [3.63, 3.8) is 0 Å². The molecular weight excluding hydrogens is 170 g/mol. The molecule has 1 aromatic heterocycles. The number of nitrogens with zero attached hydrogens (tertiary/aromatic N) is 1. The molecule has 0 radical (unpaired) electrons. The minimum Gasteiger partial charge on any atom is -0.472 e. The molecule has 1 saturated heterocycles. The van der Waals surface area contributed by atoms with Crippen LogP contribution in [0.4, 0.5) is 0 Å². The number of hydrogen-bond acceptors (Lipinski definition) is 3. The van der Waals surface area contributed by atoms with Crippen LogP contribution in [0.1, 0.15) is 12.0 Å². The summed E-state index contributed by atoms with van der Waals surface area (Å²) in [6.07, 6.45) is 2.93. The Labute approximate surface area is 75.8 Å². The molecule has 1 amide bonds. The number of β-amino-alcohol motifs (C(OH)–C–C–N with tert-alkyl or cyclic N) is 1. The number of carbonyl (C=O) groups excluding carboxylic acids is 1. The van der Waals surface area contributed by atoms with E-state index in [0.717, 1.165) is 5.56 Å². The van der Waals surface area contributed by atoms with Gasteiger partial charge in [0.15, 0.2) is 0 Å². The second-order valence-corrected chi connectivity index (χ2v) is 3.26. The Hall–Kier alpha value is -1.29. The fraction of sp³-hybridized carbons (Fsp3) is 0.444. The van der Waals surface area contributed by atoms with Gasteiger partial charge in [-0.2, -0.15) is 0 Å². The Kier molecular flexibility index (Phi) is 2.06. The predicted octanol–water partition coefficient (Wildman–Crippen LogP) is 0.373. The lowest BCUT2D eigenvalue weighted by Gasteiger charge is -2.13. The third-order valence-electron chi connectivity index (χ3n) is 2.15. The molecule has 0 aliphatic carbocycles. The van der Waals surface area contributed by atoms with E-state index in [0.29, 0.717) is 13.1 Å². The maximum Gasteiger partial charge on any atom is 0.225 e. The van der Waals surface area contributed by atoms with Gasteiger partial charge in [-0.3, -0.25) is 4.79 Å². The van der Waals surface area contributed by atoms with Crippen molar-refractivity contribution < 1.29 is 14.3 Å². The first-order chi connectivity index (χ1) is 6.25. The topological polar surface area (TPSA) is 53.7 Å². The smallest absolute Gasteiger partial charge is 0.225 e. The molecule has 1 fully saturated rings. The number of likely N-dealkylation sites (tertiary alicyclic amines) is 1. The Bertz CT molecular complexity index is 294. The number of furan rings is 1. The van der Waals surface area contributed by atoms with E-state index in [1.54, 1.807) is 17.4 Å². The first kappa shape index (κ1) is 8.31. The molecule has 2 heterocycles. The summed E-state index contributed by atoms with van der Waals surface area (Å²) in [4.78, 5) is 12.9. The number of rotatable bonds is 2. The van der Waals surface area contributed by atoms with E-state index in [4.69, 9.17) is 4.42 Å². The van der Waals surface area contributed by atoms with E-state index in [9.17, 15) is 9.90 Å². The normalized spacial score (nSPS) is 22.7. The highest BCUT2D eigenvalue weighted by molar-refractivity contribution is 5.78. The predicted molar refractivity (Wildman–Crippen MR) is 44.7 cm³/mol. The van der Waals surface area contributed by atoms with E-state index in [-0.39, 0.29) is 12.3 Å². The minimum absolute atomic E-state index is 0.00806. The molecule has 1 aromatic rings. The molecule has 13 heavy (non-hydrogen) atoms. The van der Waals surface area contributed by atoms with Gasteiger partial charge in [0.1, 0.15) is 0 Å². The van der Waals surface area contributed by atoms with Crippen LogP contribution in [0.2, 0.25) is 0 Å². The molecule has 0 saturated carbocycles. The van der Waals surface area contributed by atoms with Gasteiger partial charge >= 0.3 is 0 Å². The van der Waals surface area contributed by atoms with Gasteiger partial charge in [-0.1, -0.05) is 0 Å². The fourth-order valence-electron chi connectivity index (χ4n) is 1.51. The van der Waals surface area contributed by atoms with Crippen molar-refractivity contribution in [2.45, 2.75) is 19.1 Å². The van der Waals surface area contributed by atoms with Crippen LogP contribution in [-0.2, 0) is 11.3 Å². The van der Waals surface area contributed by atoms with Gasteiger partial charge in [0.2, 0.25) is 5.91 Å². The van der Waals surface area contributed by atoms with Crippen LogP contribution in [0, 0.1) is 0 Å².